The Morgan fingerprint density at radius 1 is 1.31 bits per heavy atom. The molecule has 3 rings (SSSR count). The highest BCUT2D eigenvalue weighted by Gasteiger charge is 2.14. The highest BCUT2D eigenvalue weighted by atomic mass is 35.5. The molecule has 29 heavy (non-hydrogen) atoms. The molecule has 5 nitrogen and oxygen atoms in total. The van der Waals surface area contributed by atoms with Crippen LogP contribution < -0.4 is 10.1 Å². The first kappa shape index (κ1) is 21.1. The summed E-state index contributed by atoms with van der Waals surface area (Å²) in [6, 6.07) is 12.1. The number of imidazole rings is 1. The molecule has 1 aromatic heterocycles. The summed E-state index contributed by atoms with van der Waals surface area (Å²) in [7, 11) is 1.56. The second-order valence-electron chi connectivity index (χ2n) is 6.45. The minimum absolute atomic E-state index is 0.248. The zero-order chi connectivity index (χ0) is 20.6. The lowest BCUT2D eigenvalue weighted by Gasteiger charge is -2.26. The highest BCUT2D eigenvalue weighted by Crippen LogP contribution is 2.27. The molecule has 0 saturated heterocycles. The van der Waals surface area contributed by atoms with Crippen LogP contribution in [-0.2, 0) is 13.1 Å². The molecule has 8 heteroatoms. The summed E-state index contributed by atoms with van der Waals surface area (Å²) >= 11 is 11.8. The van der Waals surface area contributed by atoms with Crippen LogP contribution in [-0.4, -0.2) is 33.2 Å². The van der Waals surface area contributed by atoms with E-state index in [0.717, 1.165) is 18.7 Å². The Labute approximate surface area is 180 Å². The van der Waals surface area contributed by atoms with Crippen molar-refractivity contribution >= 4 is 34.6 Å². The van der Waals surface area contributed by atoms with Gasteiger partial charge in [-0.3, -0.25) is 0 Å². The van der Waals surface area contributed by atoms with E-state index in [-0.39, 0.29) is 5.82 Å². The van der Waals surface area contributed by atoms with Gasteiger partial charge in [0.2, 0.25) is 0 Å². The van der Waals surface area contributed by atoms with Crippen LogP contribution in [0.1, 0.15) is 12.0 Å². The number of ether oxygens (including phenoxy) is 1. The van der Waals surface area contributed by atoms with Crippen molar-refractivity contribution < 1.29 is 9.13 Å². The van der Waals surface area contributed by atoms with Crippen molar-refractivity contribution in [1.82, 2.24) is 14.5 Å². The van der Waals surface area contributed by atoms with Gasteiger partial charge in [0.1, 0.15) is 11.6 Å². The molecule has 3 aromatic rings. The predicted molar refractivity (Wildman–Crippen MR) is 118 cm³/mol. The van der Waals surface area contributed by atoms with Crippen LogP contribution in [0.2, 0.25) is 5.02 Å². The average molecular weight is 433 g/mol. The third-order valence-electron chi connectivity index (χ3n) is 4.41. The van der Waals surface area contributed by atoms with Crippen LogP contribution in [0.4, 0.5) is 10.1 Å². The first-order valence-electron chi connectivity index (χ1n) is 9.15. The van der Waals surface area contributed by atoms with Crippen LogP contribution in [0.15, 0.2) is 61.2 Å². The zero-order valence-corrected chi connectivity index (χ0v) is 17.6. The summed E-state index contributed by atoms with van der Waals surface area (Å²) in [6.07, 6.45) is 6.26. The number of rotatable bonds is 8. The van der Waals surface area contributed by atoms with Gasteiger partial charge in [0.15, 0.2) is 5.11 Å². The molecule has 0 aliphatic heterocycles. The predicted octanol–water partition coefficient (Wildman–Crippen LogP) is 4.97. The maximum Gasteiger partial charge on any atom is 0.173 e. The van der Waals surface area contributed by atoms with Gasteiger partial charge in [0, 0.05) is 43.3 Å². The number of hydrogen-bond donors (Lipinski definition) is 1. The molecule has 0 spiro atoms. The monoisotopic (exact) mass is 432 g/mol. The number of aromatic nitrogens is 2. The van der Waals surface area contributed by atoms with E-state index < -0.39 is 0 Å². The molecule has 1 N–H and O–H groups in total. The molecule has 0 aliphatic carbocycles. The number of nitrogens with one attached hydrogen (secondary N) is 1. The number of halogens is 2. The standard InChI is InChI=1S/C21H22ClFN4OS/c1-28-20-8-7-17(13-18(20)22)25-21(29)27(11-4-10-26-12-9-24-15-26)14-16-5-2-3-6-19(16)23/h2-3,5-9,12-13,15H,4,10-11,14H2,1H3,(H,25,29). The largest absolute Gasteiger partial charge is 0.495 e. The van der Waals surface area contributed by atoms with Crippen LogP contribution in [0, 0.1) is 5.82 Å². The minimum Gasteiger partial charge on any atom is -0.495 e. The Hall–Kier alpha value is -2.64. The van der Waals surface area contributed by atoms with E-state index in [1.807, 2.05) is 27.8 Å². The number of methoxy groups -OCH3 is 1. The number of thiocarbonyl (C=S) groups is 1. The first-order valence-corrected chi connectivity index (χ1v) is 9.94. The van der Waals surface area contributed by atoms with E-state index in [1.54, 1.807) is 43.9 Å². The van der Waals surface area contributed by atoms with Crippen LogP contribution in [0.25, 0.3) is 0 Å². The lowest BCUT2D eigenvalue weighted by atomic mass is 10.2. The first-order chi connectivity index (χ1) is 14.1. The summed E-state index contributed by atoms with van der Waals surface area (Å²) in [6.45, 7) is 1.82. The van der Waals surface area contributed by atoms with E-state index in [2.05, 4.69) is 10.3 Å². The maximum atomic E-state index is 14.2. The molecule has 1 heterocycles. The molecule has 152 valence electrons. The quantitative estimate of drug-likeness (QED) is 0.509. The second-order valence-corrected chi connectivity index (χ2v) is 7.24. The van der Waals surface area contributed by atoms with Gasteiger partial charge in [-0.1, -0.05) is 29.8 Å². The molecular weight excluding hydrogens is 411 g/mol. The average Bonchev–Trinajstić information content (AvgIpc) is 3.22. The van der Waals surface area contributed by atoms with Crippen LogP contribution in [0.5, 0.6) is 5.75 Å². The van der Waals surface area contributed by atoms with Gasteiger partial charge in [-0.15, -0.1) is 0 Å². The molecule has 0 saturated carbocycles. The summed E-state index contributed by atoms with van der Waals surface area (Å²) in [5.74, 6) is 0.342. The molecule has 0 aliphatic rings. The topological polar surface area (TPSA) is 42.3 Å². The minimum atomic E-state index is -0.248. The van der Waals surface area contributed by atoms with Gasteiger partial charge >= 0.3 is 0 Å². The fourth-order valence-electron chi connectivity index (χ4n) is 2.89. The number of aryl methyl sites for hydroxylation is 1. The number of hydrogen-bond acceptors (Lipinski definition) is 3. The van der Waals surface area contributed by atoms with Crippen molar-refractivity contribution in [2.75, 3.05) is 19.0 Å². The second kappa shape index (κ2) is 10.2. The Bertz CT molecular complexity index is 952. The number of anilines is 1. The van der Waals surface area contributed by atoms with Gasteiger partial charge in [0.05, 0.1) is 18.5 Å². The van der Waals surface area contributed by atoms with Gasteiger partial charge in [0.25, 0.3) is 0 Å². The molecule has 0 radical (unpaired) electrons. The lowest BCUT2D eigenvalue weighted by Crippen LogP contribution is -2.35. The van der Waals surface area contributed by atoms with Crippen molar-refractivity contribution in [2.45, 2.75) is 19.5 Å². The molecular formula is C21H22ClFN4OS. The van der Waals surface area contributed by atoms with Gasteiger partial charge in [-0.25, -0.2) is 9.37 Å². The third-order valence-corrected chi connectivity index (χ3v) is 5.07. The van der Waals surface area contributed by atoms with Crippen molar-refractivity contribution in [3.8, 4) is 5.75 Å². The maximum absolute atomic E-state index is 14.2. The molecule has 0 unspecified atom stereocenters. The zero-order valence-electron chi connectivity index (χ0n) is 16.0. The third kappa shape index (κ3) is 5.92. The molecule has 2 aromatic carbocycles. The van der Waals surface area contributed by atoms with Crippen LogP contribution >= 0.6 is 23.8 Å². The summed E-state index contributed by atoms with van der Waals surface area (Å²) in [4.78, 5) is 6.00. The van der Waals surface area contributed by atoms with Gasteiger partial charge in [-0.2, -0.15) is 0 Å². The van der Waals surface area contributed by atoms with Gasteiger partial charge in [-0.05, 0) is 42.9 Å². The van der Waals surface area contributed by atoms with E-state index in [1.165, 1.54) is 6.07 Å². The van der Waals surface area contributed by atoms with Gasteiger partial charge < -0.3 is 19.5 Å². The van der Waals surface area contributed by atoms with Crippen molar-refractivity contribution in [3.05, 3.63) is 77.6 Å². The lowest BCUT2D eigenvalue weighted by molar-refractivity contribution is 0.388. The summed E-state index contributed by atoms with van der Waals surface area (Å²) < 4.78 is 21.4. The van der Waals surface area contributed by atoms with E-state index in [4.69, 9.17) is 28.6 Å². The highest BCUT2D eigenvalue weighted by molar-refractivity contribution is 7.80. The van der Waals surface area contributed by atoms with Crippen molar-refractivity contribution in [1.29, 1.82) is 0 Å². The molecule has 0 atom stereocenters. The number of benzene rings is 2. The Kier molecular flexibility index (Phi) is 7.43. The SMILES string of the molecule is COc1ccc(NC(=S)N(CCCn2ccnc2)Cc2ccccc2F)cc1Cl. The van der Waals surface area contributed by atoms with Crippen LogP contribution in [0.3, 0.4) is 0 Å². The van der Waals surface area contributed by atoms with Crippen molar-refractivity contribution in [3.63, 3.8) is 0 Å². The summed E-state index contributed by atoms with van der Waals surface area (Å²) in [5, 5.41) is 4.18. The fourth-order valence-corrected chi connectivity index (χ4v) is 3.43. The Morgan fingerprint density at radius 2 is 2.14 bits per heavy atom. The molecule has 0 amide bonds. The molecule has 0 bridgehead atoms. The smallest absolute Gasteiger partial charge is 0.173 e. The normalized spacial score (nSPS) is 10.6. The van der Waals surface area contributed by atoms with E-state index in [0.29, 0.717) is 34.5 Å². The fraction of sp³-hybridized carbons (Fsp3) is 0.238. The van der Waals surface area contributed by atoms with E-state index >= 15 is 0 Å². The Morgan fingerprint density at radius 3 is 2.83 bits per heavy atom. The Balaban J connectivity index is 1.70. The molecule has 0 fully saturated rings. The number of nitrogens with zero attached hydrogens (tertiary/aromatic N) is 3. The van der Waals surface area contributed by atoms with E-state index in [9.17, 15) is 4.39 Å². The summed E-state index contributed by atoms with van der Waals surface area (Å²) in [5.41, 5.74) is 1.33. The van der Waals surface area contributed by atoms with Crippen molar-refractivity contribution in [2.24, 2.45) is 0 Å².